The molecule has 0 fully saturated rings. The molecule has 1 heteroatoms. The molecule has 0 amide bonds. The Bertz CT molecular complexity index is 318. The smallest absolute Gasteiger partial charge is 0.213 e. The van der Waals surface area contributed by atoms with E-state index >= 15 is 0 Å². The molecule has 19 heavy (non-hydrogen) atoms. The number of hydrogen-bond donors (Lipinski definition) is 0. The van der Waals surface area contributed by atoms with E-state index in [0.717, 1.165) is 0 Å². The normalized spacial score (nSPS) is 9.37. The van der Waals surface area contributed by atoms with Crippen molar-refractivity contribution in [2.75, 3.05) is 0 Å². The molecule has 0 N–H and O–H groups in total. The quantitative estimate of drug-likeness (QED) is 0.487. The molecule has 0 radical (unpaired) electrons. The fraction of sp³-hybridized carbons (Fsp3) is 0.444. The summed E-state index contributed by atoms with van der Waals surface area (Å²) < 4.78 is 0. The van der Waals surface area contributed by atoms with Crippen LogP contribution in [0.2, 0.25) is 0 Å². The molecule has 0 bridgehead atoms. The fourth-order valence-corrected chi connectivity index (χ4v) is 1.92. The minimum absolute atomic E-state index is 0. The van der Waals surface area contributed by atoms with Crippen LogP contribution in [0, 0.1) is 0 Å². The van der Waals surface area contributed by atoms with E-state index < -0.39 is 0 Å². The van der Waals surface area contributed by atoms with Crippen molar-refractivity contribution >= 4 is 0 Å². The van der Waals surface area contributed by atoms with Crippen molar-refractivity contribution < 1.29 is 21.7 Å². The summed E-state index contributed by atoms with van der Waals surface area (Å²) in [6.07, 6.45) is 7.75. The summed E-state index contributed by atoms with van der Waals surface area (Å²) in [5.41, 5.74) is 2.97. The van der Waals surface area contributed by atoms with Gasteiger partial charge >= 0.3 is 21.7 Å². The Balaban J connectivity index is 0.000000324. The first kappa shape index (κ1) is 18.4. The van der Waals surface area contributed by atoms with Crippen LogP contribution in [-0.2, 0) is 34.6 Å². The maximum atomic E-state index is 2.23. The third-order valence-corrected chi connectivity index (χ3v) is 3.10. The van der Waals surface area contributed by atoms with Crippen molar-refractivity contribution in [3.05, 3.63) is 59.7 Å². The van der Waals surface area contributed by atoms with Crippen LogP contribution in [0.1, 0.15) is 50.7 Å². The van der Waals surface area contributed by atoms with Crippen molar-refractivity contribution in [2.45, 2.75) is 52.4 Å². The summed E-state index contributed by atoms with van der Waals surface area (Å²) in [4.78, 5) is 0. The molecule has 2 aromatic carbocycles. The van der Waals surface area contributed by atoms with Gasteiger partial charge in [0.05, 0.1) is 0 Å². The van der Waals surface area contributed by atoms with E-state index in [1.165, 1.54) is 49.7 Å². The molecule has 0 spiro atoms. The molecule has 2 rings (SSSR count). The summed E-state index contributed by atoms with van der Waals surface area (Å²) >= 11 is 0. The monoisotopic (exact) mass is 290 g/mol. The minimum Gasteiger partial charge on any atom is -0.213 e. The van der Waals surface area contributed by atoms with Crippen LogP contribution in [0.5, 0.6) is 0 Å². The Morgan fingerprint density at radius 2 is 1.21 bits per heavy atom. The molecule has 0 aliphatic rings. The summed E-state index contributed by atoms with van der Waals surface area (Å²) in [5, 5.41) is 0. The van der Waals surface area contributed by atoms with Gasteiger partial charge in [0.15, 0.2) is 0 Å². The van der Waals surface area contributed by atoms with E-state index in [4.69, 9.17) is 0 Å². The number of unbranched alkanes of at least 4 members (excludes halogenated alkanes) is 2. The molecule has 0 atom stereocenters. The fourth-order valence-electron chi connectivity index (χ4n) is 1.92. The topological polar surface area (TPSA) is 0 Å². The van der Waals surface area contributed by atoms with Crippen molar-refractivity contribution in [3.8, 4) is 0 Å². The molecule has 0 nitrogen and oxygen atoms in total. The third kappa shape index (κ3) is 9.02. The van der Waals surface area contributed by atoms with Crippen molar-refractivity contribution in [3.63, 3.8) is 0 Å². The Labute approximate surface area is 133 Å². The Kier molecular flexibility index (Phi) is 12.1. The van der Waals surface area contributed by atoms with Gasteiger partial charge in [0, 0.05) is 0 Å². The zero-order valence-electron chi connectivity index (χ0n) is 12.4. The van der Waals surface area contributed by atoms with Crippen LogP contribution < -0.4 is 0 Å². The van der Waals surface area contributed by atoms with Crippen LogP contribution in [0.15, 0.2) is 48.5 Å². The maximum Gasteiger partial charge on any atom is 2.00 e. The molecule has 0 aromatic heterocycles. The largest absolute Gasteiger partial charge is 2.00 e. The molecule has 0 aliphatic carbocycles. The van der Waals surface area contributed by atoms with Gasteiger partial charge in [-0.15, -0.1) is 0 Å². The van der Waals surface area contributed by atoms with E-state index in [-0.39, 0.29) is 21.7 Å². The first-order chi connectivity index (χ1) is 8.86. The second kappa shape index (κ2) is 12.4. The summed E-state index contributed by atoms with van der Waals surface area (Å²) in [7, 11) is 0. The van der Waals surface area contributed by atoms with Gasteiger partial charge in [-0.1, -0.05) is 52.4 Å². The summed E-state index contributed by atoms with van der Waals surface area (Å²) in [6, 6.07) is 17.2. The molecule has 0 saturated heterocycles. The van der Waals surface area contributed by atoms with E-state index in [1.807, 2.05) is 0 Å². The third-order valence-electron chi connectivity index (χ3n) is 3.10. The van der Waals surface area contributed by atoms with Gasteiger partial charge in [-0.05, 0) is 0 Å². The van der Waals surface area contributed by atoms with Crippen LogP contribution >= 0.6 is 0 Å². The SMILES string of the molecule is CCCCc1ccc[cH-]1.CCCCc1ccc[cH-]1.[Ti+2]. The molecule has 102 valence electrons. The number of rotatable bonds is 6. The number of aryl methyl sites for hydroxylation is 2. The van der Waals surface area contributed by atoms with E-state index in [1.54, 1.807) is 0 Å². The maximum absolute atomic E-state index is 2.23. The van der Waals surface area contributed by atoms with Gasteiger partial charge in [-0.2, -0.15) is 35.4 Å². The van der Waals surface area contributed by atoms with Gasteiger partial charge in [-0.3, -0.25) is 0 Å². The zero-order chi connectivity index (χ0) is 13.1. The predicted molar refractivity (Wildman–Crippen MR) is 81.3 cm³/mol. The van der Waals surface area contributed by atoms with Gasteiger partial charge in [-0.25, -0.2) is 24.3 Å². The Hall–Kier alpha value is -0.586. The van der Waals surface area contributed by atoms with E-state index in [2.05, 4.69) is 62.4 Å². The van der Waals surface area contributed by atoms with Gasteiger partial charge < -0.3 is 0 Å². The van der Waals surface area contributed by atoms with Crippen molar-refractivity contribution in [1.82, 2.24) is 0 Å². The van der Waals surface area contributed by atoms with Gasteiger partial charge in [0.1, 0.15) is 0 Å². The summed E-state index contributed by atoms with van der Waals surface area (Å²) in [6.45, 7) is 4.45. The minimum atomic E-state index is 0. The van der Waals surface area contributed by atoms with E-state index in [0.29, 0.717) is 0 Å². The van der Waals surface area contributed by atoms with E-state index in [9.17, 15) is 0 Å². The van der Waals surface area contributed by atoms with Gasteiger partial charge in [0.25, 0.3) is 0 Å². The molecule has 0 heterocycles. The standard InChI is InChI=1S/2C9H13.Ti/c2*1-2-3-6-9-7-4-5-8-9;/h2*4-5,7-8H,2-3,6H2,1H3;/q2*-1;+2. The molecule has 0 unspecified atom stereocenters. The van der Waals surface area contributed by atoms with Crippen molar-refractivity contribution in [2.24, 2.45) is 0 Å². The average Bonchev–Trinajstić information content (AvgIpc) is 3.07. The zero-order valence-corrected chi connectivity index (χ0v) is 13.9. The molecular weight excluding hydrogens is 264 g/mol. The average molecular weight is 290 g/mol. The second-order valence-corrected chi connectivity index (χ2v) is 4.79. The molecule has 2 aromatic rings. The summed E-state index contributed by atoms with van der Waals surface area (Å²) in [5.74, 6) is 0. The van der Waals surface area contributed by atoms with Crippen LogP contribution in [0.3, 0.4) is 0 Å². The Morgan fingerprint density at radius 1 is 0.789 bits per heavy atom. The van der Waals surface area contributed by atoms with Crippen LogP contribution in [0.25, 0.3) is 0 Å². The Morgan fingerprint density at radius 3 is 1.47 bits per heavy atom. The predicted octanol–water partition coefficient (Wildman–Crippen LogP) is 5.49. The van der Waals surface area contributed by atoms with Gasteiger partial charge in [0.2, 0.25) is 0 Å². The first-order valence-electron chi connectivity index (χ1n) is 7.28. The first-order valence-corrected chi connectivity index (χ1v) is 7.28. The second-order valence-electron chi connectivity index (χ2n) is 4.79. The van der Waals surface area contributed by atoms with Crippen LogP contribution in [0.4, 0.5) is 0 Å². The molecule has 0 aliphatic heterocycles. The number of hydrogen-bond acceptors (Lipinski definition) is 0. The molecular formula is C18H26Ti. The van der Waals surface area contributed by atoms with Crippen LogP contribution in [-0.4, -0.2) is 0 Å². The van der Waals surface area contributed by atoms with Crippen molar-refractivity contribution in [1.29, 1.82) is 0 Å². The molecule has 0 saturated carbocycles.